The molecule has 20 heavy (non-hydrogen) atoms. The average Bonchev–Trinajstić information content (AvgIpc) is 2.37. The number of hydrogen-bond donors (Lipinski definition) is 3. The number of amides is 1. The molecule has 0 heterocycles. The van der Waals surface area contributed by atoms with Crippen LogP contribution < -0.4 is 16.4 Å². The molecule has 4 nitrogen and oxygen atoms in total. The van der Waals surface area contributed by atoms with Gasteiger partial charge in [-0.1, -0.05) is 0 Å². The van der Waals surface area contributed by atoms with Crippen LogP contribution in [0.1, 0.15) is 10.4 Å². The van der Waals surface area contributed by atoms with Crippen molar-refractivity contribution in [2.45, 2.75) is 0 Å². The summed E-state index contributed by atoms with van der Waals surface area (Å²) >= 11 is 0. The van der Waals surface area contributed by atoms with Crippen LogP contribution in [0.4, 0.5) is 25.8 Å². The Kier molecular flexibility index (Phi) is 3.84. The normalized spacial score (nSPS) is 10.2. The second-order valence-electron chi connectivity index (χ2n) is 4.17. The number of carbonyl (C=O) groups excluding carboxylic acids is 1. The molecule has 1 amide bonds. The molecule has 0 aliphatic carbocycles. The van der Waals surface area contributed by atoms with E-state index in [0.717, 1.165) is 18.2 Å². The van der Waals surface area contributed by atoms with Gasteiger partial charge in [-0.05, 0) is 30.3 Å². The van der Waals surface area contributed by atoms with Crippen molar-refractivity contribution in [1.82, 2.24) is 5.32 Å². The third kappa shape index (κ3) is 3.03. The van der Waals surface area contributed by atoms with E-state index in [0.29, 0.717) is 16.9 Å². The highest BCUT2D eigenvalue weighted by molar-refractivity contribution is 6.00. The number of halogens is 2. The van der Waals surface area contributed by atoms with Crippen molar-refractivity contribution in [3.8, 4) is 0 Å². The molecular weight excluding hydrogens is 264 g/mol. The summed E-state index contributed by atoms with van der Waals surface area (Å²) in [5.41, 5.74) is 6.98. The van der Waals surface area contributed by atoms with Gasteiger partial charge in [0.25, 0.3) is 5.91 Å². The third-order valence-electron chi connectivity index (χ3n) is 2.66. The first kappa shape index (κ1) is 13.8. The summed E-state index contributed by atoms with van der Waals surface area (Å²) < 4.78 is 26.3. The lowest BCUT2D eigenvalue weighted by molar-refractivity contribution is 0.0964. The van der Waals surface area contributed by atoms with Gasteiger partial charge in [0.1, 0.15) is 11.6 Å². The maximum atomic E-state index is 13.2. The van der Waals surface area contributed by atoms with E-state index in [1.54, 1.807) is 6.07 Å². The Balaban J connectivity index is 2.41. The Morgan fingerprint density at radius 2 is 1.75 bits per heavy atom. The van der Waals surface area contributed by atoms with Crippen molar-refractivity contribution in [3.05, 3.63) is 53.6 Å². The fourth-order valence-electron chi connectivity index (χ4n) is 1.78. The van der Waals surface area contributed by atoms with Gasteiger partial charge in [-0.25, -0.2) is 8.78 Å². The second kappa shape index (κ2) is 5.56. The summed E-state index contributed by atoms with van der Waals surface area (Å²) in [6.45, 7) is 0. The molecule has 0 saturated heterocycles. The molecule has 0 spiro atoms. The minimum Gasteiger partial charge on any atom is -0.399 e. The lowest BCUT2D eigenvalue weighted by Crippen LogP contribution is -2.19. The van der Waals surface area contributed by atoms with Gasteiger partial charge in [0.2, 0.25) is 0 Å². The van der Waals surface area contributed by atoms with Crippen LogP contribution >= 0.6 is 0 Å². The first-order chi connectivity index (χ1) is 9.49. The molecule has 0 aliphatic rings. The van der Waals surface area contributed by atoms with E-state index < -0.39 is 11.6 Å². The fraction of sp³-hybridized carbons (Fsp3) is 0.0714. The number of hydrogen-bond acceptors (Lipinski definition) is 3. The standard InChI is InChI=1S/C14H13F2N3O/c1-18-14(20)12-3-2-10(17)7-13(12)19-11-5-8(15)4-9(16)6-11/h2-7,19H,17H2,1H3,(H,18,20). The predicted molar refractivity (Wildman–Crippen MR) is 73.9 cm³/mol. The molecule has 6 heteroatoms. The molecule has 0 fully saturated rings. The highest BCUT2D eigenvalue weighted by atomic mass is 19.1. The molecule has 0 bridgehead atoms. The molecule has 0 saturated carbocycles. The SMILES string of the molecule is CNC(=O)c1ccc(N)cc1Nc1cc(F)cc(F)c1. The molecule has 4 N–H and O–H groups in total. The van der Waals surface area contributed by atoms with Gasteiger partial charge in [0, 0.05) is 24.5 Å². The minimum absolute atomic E-state index is 0.193. The molecule has 2 aromatic rings. The van der Waals surface area contributed by atoms with Crippen LogP contribution in [-0.4, -0.2) is 13.0 Å². The van der Waals surface area contributed by atoms with Gasteiger partial charge in [-0.15, -0.1) is 0 Å². The number of nitrogens with two attached hydrogens (primary N) is 1. The summed E-state index contributed by atoms with van der Waals surface area (Å²) in [5, 5.41) is 5.27. The van der Waals surface area contributed by atoms with E-state index in [4.69, 9.17) is 5.73 Å². The maximum Gasteiger partial charge on any atom is 0.253 e. The van der Waals surface area contributed by atoms with E-state index in [1.165, 1.54) is 19.2 Å². The van der Waals surface area contributed by atoms with Crippen molar-refractivity contribution >= 4 is 23.0 Å². The Labute approximate surface area is 114 Å². The molecule has 2 rings (SSSR count). The van der Waals surface area contributed by atoms with Crippen LogP contribution in [-0.2, 0) is 0 Å². The lowest BCUT2D eigenvalue weighted by atomic mass is 10.1. The Hall–Kier alpha value is -2.63. The number of benzene rings is 2. The molecule has 0 aromatic heterocycles. The van der Waals surface area contributed by atoms with Gasteiger partial charge < -0.3 is 16.4 Å². The van der Waals surface area contributed by atoms with E-state index >= 15 is 0 Å². The zero-order valence-electron chi connectivity index (χ0n) is 10.7. The lowest BCUT2D eigenvalue weighted by Gasteiger charge is -2.12. The molecule has 0 aliphatic heterocycles. The van der Waals surface area contributed by atoms with E-state index in [9.17, 15) is 13.6 Å². The minimum atomic E-state index is -0.710. The van der Waals surface area contributed by atoms with Gasteiger partial charge in [-0.3, -0.25) is 4.79 Å². The Morgan fingerprint density at radius 3 is 2.35 bits per heavy atom. The molecule has 104 valence electrons. The average molecular weight is 277 g/mol. The van der Waals surface area contributed by atoms with Gasteiger partial charge >= 0.3 is 0 Å². The molecular formula is C14H13F2N3O. The summed E-state index contributed by atoms with van der Waals surface area (Å²) in [6.07, 6.45) is 0. The van der Waals surface area contributed by atoms with Crippen molar-refractivity contribution in [3.63, 3.8) is 0 Å². The number of carbonyl (C=O) groups is 1. The monoisotopic (exact) mass is 277 g/mol. The quantitative estimate of drug-likeness (QED) is 0.755. The summed E-state index contributed by atoms with van der Waals surface area (Å²) in [7, 11) is 1.49. The topological polar surface area (TPSA) is 67.2 Å². The number of rotatable bonds is 3. The van der Waals surface area contributed by atoms with Crippen molar-refractivity contribution in [1.29, 1.82) is 0 Å². The summed E-state index contributed by atoms with van der Waals surface area (Å²) in [4.78, 5) is 11.7. The van der Waals surface area contributed by atoms with Crippen molar-refractivity contribution in [2.75, 3.05) is 18.1 Å². The summed E-state index contributed by atoms with van der Waals surface area (Å²) in [5.74, 6) is -1.75. The van der Waals surface area contributed by atoms with Crippen LogP contribution in [0.15, 0.2) is 36.4 Å². The number of nitrogens with one attached hydrogen (secondary N) is 2. The zero-order chi connectivity index (χ0) is 14.7. The van der Waals surface area contributed by atoms with Gasteiger partial charge in [0.15, 0.2) is 0 Å². The molecule has 0 unspecified atom stereocenters. The van der Waals surface area contributed by atoms with Crippen molar-refractivity contribution in [2.24, 2.45) is 0 Å². The first-order valence-corrected chi connectivity index (χ1v) is 5.84. The fourth-order valence-corrected chi connectivity index (χ4v) is 1.78. The van der Waals surface area contributed by atoms with Crippen LogP contribution in [0.3, 0.4) is 0 Å². The largest absolute Gasteiger partial charge is 0.399 e. The highest BCUT2D eigenvalue weighted by Gasteiger charge is 2.11. The first-order valence-electron chi connectivity index (χ1n) is 5.84. The molecule has 0 atom stereocenters. The van der Waals surface area contributed by atoms with Crippen LogP contribution in [0, 0.1) is 11.6 Å². The van der Waals surface area contributed by atoms with Crippen LogP contribution in [0.5, 0.6) is 0 Å². The Bertz CT molecular complexity index is 639. The van der Waals surface area contributed by atoms with Gasteiger partial charge in [0.05, 0.1) is 11.3 Å². The zero-order valence-corrected chi connectivity index (χ0v) is 10.7. The van der Waals surface area contributed by atoms with E-state index in [1.807, 2.05) is 0 Å². The van der Waals surface area contributed by atoms with E-state index in [-0.39, 0.29) is 11.6 Å². The second-order valence-corrected chi connectivity index (χ2v) is 4.17. The number of anilines is 3. The smallest absolute Gasteiger partial charge is 0.253 e. The predicted octanol–water partition coefficient (Wildman–Crippen LogP) is 2.65. The highest BCUT2D eigenvalue weighted by Crippen LogP contribution is 2.24. The van der Waals surface area contributed by atoms with Crippen molar-refractivity contribution < 1.29 is 13.6 Å². The number of nitrogen functional groups attached to an aromatic ring is 1. The van der Waals surface area contributed by atoms with Crippen LogP contribution in [0.25, 0.3) is 0 Å². The van der Waals surface area contributed by atoms with E-state index in [2.05, 4.69) is 10.6 Å². The molecule has 0 radical (unpaired) electrons. The van der Waals surface area contributed by atoms with Gasteiger partial charge in [-0.2, -0.15) is 0 Å². The molecule has 2 aromatic carbocycles. The van der Waals surface area contributed by atoms with Crippen LogP contribution in [0.2, 0.25) is 0 Å². The Morgan fingerprint density at radius 1 is 1.10 bits per heavy atom. The summed E-state index contributed by atoms with van der Waals surface area (Å²) in [6, 6.07) is 7.64. The maximum absolute atomic E-state index is 13.2. The third-order valence-corrected chi connectivity index (χ3v) is 2.66.